The van der Waals surface area contributed by atoms with Crippen molar-refractivity contribution >= 4 is 57.5 Å². The molecule has 0 spiro atoms. The Kier molecular flexibility index (Phi) is 7.17. The minimum Gasteiger partial charge on any atom is -0.478 e. The summed E-state index contributed by atoms with van der Waals surface area (Å²) in [6.45, 7) is 0. The van der Waals surface area contributed by atoms with E-state index in [9.17, 15) is 24.3 Å². The van der Waals surface area contributed by atoms with Crippen molar-refractivity contribution in [3.05, 3.63) is 120 Å². The zero-order valence-electron chi connectivity index (χ0n) is 23.1. The standard InChI is InChI=1S/C31H24N8O5/c1-32-28(40)18-8-9-24(25(14-18)35-30(42)27-17-23-7-3-5-11-39(23)37-27)33-20-12-19(31(43)44)13-21(15-20)34-29(41)26-16-22-6-2-4-10-38(22)36-26/h2-17,33H,1H3,(H,32,40)(H,34,41)(H,35,42)(H,43,44). The molecule has 0 atom stereocenters. The van der Waals surface area contributed by atoms with Crippen molar-refractivity contribution in [2.75, 3.05) is 23.0 Å². The molecule has 0 bridgehead atoms. The molecule has 0 fully saturated rings. The van der Waals surface area contributed by atoms with Crippen molar-refractivity contribution in [3.63, 3.8) is 0 Å². The zero-order valence-corrected chi connectivity index (χ0v) is 23.1. The van der Waals surface area contributed by atoms with Crippen LogP contribution in [-0.2, 0) is 0 Å². The van der Waals surface area contributed by atoms with Crippen LogP contribution in [0.25, 0.3) is 11.0 Å². The molecule has 0 saturated carbocycles. The largest absolute Gasteiger partial charge is 0.478 e. The molecule has 4 heterocycles. The van der Waals surface area contributed by atoms with E-state index in [2.05, 4.69) is 31.5 Å². The first-order valence-electron chi connectivity index (χ1n) is 13.3. The molecule has 0 saturated heterocycles. The molecule has 44 heavy (non-hydrogen) atoms. The summed E-state index contributed by atoms with van der Waals surface area (Å²) >= 11 is 0. The van der Waals surface area contributed by atoms with E-state index >= 15 is 0 Å². The maximum atomic E-state index is 13.2. The van der Waals surface area contributed by atoms with E-state index in [1.807, 2.05) is 18.2 Å². The maximum Gasteiger partial charge on any atom is 0.335 e. The monoisotopic (exact) mass is 588 g/mol. The number of anilines is 4. The number of amides is 3. The Morgan fingerprint density at radius 2 is 1.25 bits per heavy atom. The Morgan fingerprint density at radius 1 is 0.636 bits per heavy atom. The second kappa shape index (κ2) is 11.4. The van der Waals surface area contributed by atoms with Crippen molar-refractivity contribution in [1.82, 2.24) is 24.5 Å². The molecule has 218 valence electrons. The topological polar surface area (TPSA) is 171 Å². The van der Waals surface area contributed by atoms with Gasteiger partial charge in [0.1, 0.15) is 0 Å². The summed E-state index contributed by atoms with van der Waals surface area (Å²) in [7, 11) is 1.49. The van der Waals surface area contributed by atoms with Crippen LogP contribution in [0.3, 0.4) is 0 Å². The van der Waals surface area contributed by atoms with Crippen molar-refractivity contribution < 1.29 is 24.3 Å². The van der Waals surface area contributed by atoms with E-state index < -0.39 is 17.8 Å². The molecule has 13 heteroatoms. The van der Waals surface area contributed by atoms with Crippen LogP contribution in [-0.4, -0.2) is 55.1 Å². The van der Waals surface area contributed by atoms with Crippen LogP contribution >= 0.6 is 0 Å². The van der Waals surface area contributed by atoms with Gasteiger partial charge >= 0.3 is 5.97 Å². The molecule has 5 N–H and O–H groups in total. The quantitative estimate of drug-likeness (QED) is 0.175. The Bertz CT molecular complexity index is 2030. The SMILES string of the molecule is CNC(=O)c1ccc(Nc2cc(NC(=O)c3cc4ccccn4n3)cc(C(=O)O)c2)c(NC(=O)c2cc3ccccn3n2)c1. The zero-order chi connectivity index (χ0) is 30.8. The van der Waals surface area contributed by atoms with Gasteiger partial charge in [-0.15, -0.1) is 0 Å². The summed E-state index contributed by atoms with van der Waals surface area (Å²) in [6, 6.07) is 22.9. The Balaban J connectivity index is 1.31. The van der Waals surface area contributed by atoms with Crippen molar-refractivity contribution in [2.45, 2.75) is 0 Å². The molecule has 6 rings (SSSR count). The highest BCUT2D eigenvalue weighted by atomic mass is 16.4. The number of aromatic carboxylic acids is 1. The van der Waals surface area contributed by atoms with Gasteiger partial charge in [-0.2, -0.15) is 10.2 Å². The maximum absolute atomic E-state index is 13.2. The van der Waals surface area contributed by atoms with Crippen LogP contribution in [0, 0.1) is 0 Å². The lowest BCUT2D eigenvalue weighted by atomic mass is 10.1. The van der Waals surface area contributed by atoms with Crippen LogP contribution in [0.15, 0.2) is 97.3 Å². The van der Waals surface area contributed by atoms with Gasteiger partial charge in [0, 0.05) is 36.4 Å². The van der Waals surface area contributed by atoms with Gasteiger partial charge in [-0.25, -0.2) is 13.8 Å². The lowest BCUT2D eigenvalue weighted by molar-refractivity contribution is 0.0696. The van der Waals surface area contributed by atoms with Gasteiger partial charge in [0.25, 0.3) is 17.7 Å². The second-order valence-corrected chi connectivity index (χ2v) is 9.68. The number of carboxylic acids is 1. The smallest absolute Gasteiger partial charge is 0.335 e. The number of hydrogen-bond acceptors (Lipinski definition) is 7. The lowest BCUT2D eigenvalue weighted by Crippen LogP contribution is -2.19. The molecule has 4 aromatic heterocycles. The summed E-state index contributed by atoms with van der Waals surface area (Å²) in [6.07, 6.45) is 3.42. The van der Waals surface area contributed by atoms with Crippen LogP contribution < -0.4 is 21.3 Å². The Labute approximate surface area is 249 Å². The number of hydrogen-bond donors (Lipinski definition) is 5. The van der Waals surface area contributed by atoms with Crippen LogP contribution in [0.1, 0.15) is 41.7 Å². The fraction of sp³-hybridized carbons (Fsp3) is 0.0323. The summed E-state index contributed by atoms with van der Waals surface area (Å²) in [4.78, 5) is 50.5. The van der Waals surface area contributed by atoms with E-state index in [0.29, 0.717) is 11.4 Å². The molecule has 0 unspecified atom stereocenters. The van der Waals surface area contributed by atoms with Gasteiger partial charge in [-0.05, 0) is 72.8 Å². The fourth-order valence-corrected chi connectivity index (χ4v) is 4.57. The summed E-state index contributed by atoms with van der Waals surface area (Å²) in [5, 5.41) is 29.5. The Hall–Kier alpha value is -6.50. The number of nitrogens with zero attached hydrogens (tertiary/aromatic N) is 4. The molecular formula is C31H24N8O5. The number of benzene rings is 2. The van der Waals surface area contributed by atoms with Crippen molar-refractivity contribution in [1.29, 1.82) is 0 Å². The molecule has 2 aromatic carbocycles. The lowest BCUT2D eigenvalue weighted by Gasteiger charge is -2.16. The van der Waals surface area contributed by atoms with Crippen molar-refractivity contribution in [3.8, 4) is 0 Å². The van der Waals surface area contributed by atoms with Gasteiger partial charge in [0.2, 0.25) is 0 Å². The van der Waals surface area contributed by atoms with E-state index in [1.54, 1.807) is 70.0 Å². The first-order valence-corrected chi connectivity index (χ1v) is 13.3. The van der Waals surface area contributed by atoms with E-state index in [4.69, 9.17) is 0 Å². The average molecular weight is 589 g/mol. The molecule has 0 radical (unpaired) electrons. The molecule has 0 aliphatic rings. The number of aromatic nitrogens is 4. The number of carboxylic acid groups (broad SMARTS) is 1. The number of rotatable bonds is 8. The van der Waals surface area contributed by atoms with Gasteiger partial charge in [0.05, 0.1) is 28.0 Å². The third-order valence-corrected chi connectivity index (χ3v) is 6.68. The molecule has 0 aliphatic heterocycles. The van der Waals surface area contributed by atoms with Crippen LogP contribution in [0.5, 0.6) is 0 Å². The molecule has 0 aliphatic carbocycles. The number of carbonyl (C=O) groups is 4. The normalized spacial score (nSPS) is 10.8. The molecular weight excluding hydrogens is 564 g/mol. The minimum atomic E-state index is -1.22. The average Bonchev–Trinajstić information content (AvgIpc) is 3.66. The number of carbonyl (C=O) groups excluding carboxylic acids is 3. The predicted octanol–water partition coefficient (Wildman–Crippen LogP) is 4.29. The van der Waals surface area contributed by atoms with Crippen LogP contribution in [0.2, 0.25) is 0 Å². The summed E-state index contributed by atoms with van der Waals surface area (Å²) in [5.41, 5.74) is 3.01. The highest BCUT2D eigenvalue weighted by molar-refractivity contribution is 6.07. The highest BCUT2D eigenvalue weighted by Gasteiger charge is 2.18. The third-order valence-electron chi connectivity index (χ3n) is 6.68. The third kappa shape index (κ3) is 5.65. The molecule has 6 aromatic rings. The molecule has 13 nitrogen and oxygen atoms in total. The summed E-state index contributed by atoms with van der Waals surface area (Å²) in [5.74, 6) is -2.64. The van der Waals surface area contributed by atoms with Gasteiger partial charge in [-0.1, -0.05) is 12.1 Å². The fourth-order valence-electron chi connectivity index (χ4n) is 4.57. The van der Waals surface area contributed by atoms with Gasteiger partial charge < -0.3 is 26.4 Å². The first kappa shape index (κ1) is 27.7. The van der Waals surface area contributed by atoms with Gasteiger partial charge in [-0.3, -0.25) is 14.4 Å². The minimum absolute atomic E-state index is 0.0995. The van der Waals surface area contributed by atoms with E-state index in [1.165, 1.54) is 25.2 Å². The van der Waals surface area contributed by atoms with Gasteiger partial charge in [0.15, 0.2) is 11.4 Å². The van der Waals surface area contributed by atoms with E-state index in [-0.39, 0.29) is 39.8 Å². The highest BCUT2D eigenvalue weighted by Crippen LogP contribution is 2.30. The van der Waals surface area contributed by atoms with Crippen molar-refractivity contribution in [2.24, 2.45) is 0 Å². The summed E-state index contributed by atoms with van der Waals surface area (Å²) < 4.78 is 3.12. The van der Waals surface area contributed by atoms with Crippen LogP contribution in [0.4, 0.5) is 22.7 Å². The second-order valence-electron chi connectivity index (χ2n) is 9.68. The predicted molar refractivity (Wildman–Crippen MR) is 163 cm³/mol. The first-order chi connectivity index (χ1) is 21.3. The Morgan fingerprint density at radius 3 is 1.84 bits per heavy atom. The number of nitrogens with one attached hydrogen (secondary N) is 4. The number of pyridine rings is 2. The number of fused-ring (bicyclic) bond motifs is 2. The molecule has 3 amide bonds. The van der Waals surface area contributed by atoms with E-state index in [0.717, 1.165) is 11.0 Å².